The molecular weight excluding hydrogens is 373 g/mol. The van der Waals surface area contributed by atoms with Gasteiger partial charge in [-0.05, 0) is 37.8 Å². The van der Waals surface area contributed by atoms with Gasteiger partial charge in [-0.3, -0.25) is 4.79 Å². The molecule has 1 aromatic carbocycles. The van der Waals surface area contributed by atoms with Gasteiger partial charge in [-0.1, -0.05) is 12.1 Å². The third kappa shape index (κ3) is 5.95. The van der Waals surface area contributed by atoms with Crippen LogP contribution in [-0.4, -0.2) is 43.4 Å². The molecule has 2 bridgehead atoms. The molecule has 0 aliphatic carbocycles. The van der Waals surface area contributed by atoms with Gasteiger partial charge in [0.25, 0.3) is 5.91 Å². The molecule has 0 radical (unpaired) electrons. The Morgan fingerprint density at radius 1 is 1.12 bits per heavy atom. The highest BCUT2D eigenvalue weighted by Gasteiger charge is 2.34. The van der Waals surface area contributed by atoms with Crippen LogP contribution in [0.2, 0.25) is 0 Å². The Kier molecular flexibility index (Phi) is 7.00. The van der Waals surface area contributed by atoms with Crippen LogP contribution in [0.5, 0.6) is 11.5 Å². The van der Waals surface area contributed by atoms with Gasteiger partial charge >= 0.3 is 6.18 Å². The Morgan fingerprint density at radius 2 is 1.69 bits per heavy atom. The molecule has 0 aromatic heterocycles. The van der Waals surface area contributed by atoms with Crippen molar-refractivity contribution < 1.29 is 27.4 Å². The van der Waals surface area contributed by atoms with Crippen LogP contribution in [0.15, 0.2) is 24.3 Å². The van der Waals surface area contributed by atoms with Gasteiger partial charge < -0.3 is 20.1 Å². The van der Waals surface area contributed by atoms with Crippen molar-refractivity contribution in [3.63, 3.8) is 0 Å². The number of rotatable bonds is 6. The van der Waals surface area contributed by atoms with E-state index in [2.05, 4.69) is 10.6 Å². The first-order chi connectivity index (χ1) is 11.9. The van der Waals surface area contributed by atoms with Crippen molar-refractivity contribution in [3.05, 3.63) is 24.3 Å². The maximum absolute atomic E-state index is 12.3. The number of piperidine rings is 1. The highest BCUT2D eigenvalue weighted by atomic mass is 35.5. The summed E-state index contributed by atoms with van der Waals surface area (Å²) >= 11 is 0. The summed E-state index contributed by atoms with van der Waals surface area (Å²) in [5.41, 5.74) is 0. The quantitative estimate of drug-likeness (QED) is 0.779. The molecule has 0 saturated carbocycles. The predicted molar refractivity (Wildman–Crippen MR) is 91.8 cm³/mol. The standard InChI is InChI=1S/C17H21F3N2O3.ClH/c18-17(19,20)10-25-15-4-2-1-3-14(15)24-9-16(23)22-13-7-11-5-6-12(8-13)21-11;/h1-4,11-13,21H,5-10H2,(H,22,23);1H. The minimum Gasteiger partial charge on any atom is -0.480 e. The largest absolute Gasteiger partial charge is 0.480 e. The fourth-order valence-corrected chi connectivity index (χ4v) is 3.44. The molecule has 2 aliphatic heterocycles. The van der Waals surface area contributed by atoms with Gasteiger partial charge in [-0.2, -0.15) is 13.2 Å². The second-order valence-electron chi connectivity index (χ2n) is 6.51. The molecule has 2 heterocycles. The first-order valence-corrected chi connectivity index (χ1v) is 8.36. The first kappa shape index (κ1) is 20.6. The summed E-state index contributed by atoms with van der Waals surface area (Å²) in [7, 11) is 0. The summed E-state index contributed by atoms with van der Waals surface area (Å²) in [6.07, 6.45) is -0.366. The average Bonchev–Trinajstić information content (AvgIpc) is 2.89. The highest BCUT2D eigenvalue weighted by molar-refractivity contribution is 5.85. The second kappa shape index (κ2) is 8.81. The normalized spacial score (nSPS) is 24.5. The van der Waals surface area contributed by atoms with Crippen LogP contribution in [0.25, 0.3) is 0 Å². The fraction of sp³-hybridized carbons (Fsp3) is 0.588. The van der Waals surface area contributed by atoms with E-state index in [-0.39, 0.29) is 42.5 Å². The minimum absolute atomic E-state index is 0. The van der Waals surface area contributed by atoms with Crippen molar-refractivity contribution in [2.75, 3.05) is 13.2 Å². The number of halogens is 4. The molecular formula is C17H22ClF3N2O3. The minimum atomic E-state index is -4.43. The molecule has 3 rings (SSSR count). The molecule has 1 aromatic rings. The smallest absolute Gasteiger partial charge is 0.422 e. The van der Waals surface area contributed by atoms with Crippen LogP contribution in [0, 0.1) is 0 Å². The monoisotopic (exact) mass is 394 g/mol. The molecule has 2 aliphatic rings. The van der Waals surface area contributed by atoms with E-state index in [9.17, 15) is 18.0 Å². The van der Waals surface area contributed by atoms with Crippen LogP contribution in [0.3, 0.4) is 0 Å². The number of ether oxygens (including phenoxy) is 2. The molecule has 5 nitrogen and oxygen atoms in total. The van der Waals surface area contributed by atoms with Crippen molar-refractivity contribution >= 4 is 18.3 Å². The number of carbonyl (C=O) groups excluding carboxylic acids is 1. The van der Waals surface area contributed by atoms with Gasteiger partial charge in [0.2, 0.25) is 0 Å². The zero-order valence-electron chi connectivity index (χ0n) is 14.1. The summed E-state index contributed by atoms with van der Waals surface area (Å²) < 4.78 is 46.9. The lowest BCUT2D eigenvalue weighted by Crippen LogP contribution is -2.48. The third-order valence-electron chi connectivity index (χ3n) is 4.44. The number of amides is 1. The maximum atomic E-state index is 12.3. The zero-order chi connectivity index (χ0) is 17.9. The number of carbonyl (C=O) groups is 1. The van der Waals surface area contributed by atoms with Crippen molar-refractivity contribution in [1.29, 1.82) is 0 Å². The molecule has 2 fully saturated rings. The van der Waals surface area contributed by atoms with Gasteiger partial charge in [0, 0.05) is 18.1 Å². The van der Waals surface area contributed by atoms with Crippen LogP contribution >= 0.6 is 12.4 Å². The highest BCUT2D eigenvalue weighted by Crippen LogP contribution is 2.29. The lowest BCUT2D eigenvalue weighted by molar-refractivity contribution is -0.153. The van der Waals surface area contributed by atoms with Crippen LogP contribution in [0.1, 0.15) is 25.7 Å². The molecule has 146 valence electrons. The van der Waals surface area contributed by atoms with Crippen molar-refractivity contribution in [2.45, 2.75) is 50.0 Å². The second-order valence-corrected chi connectivity index (χ2v) is 6.51. The molecule has 0 spiro atoms. The van der Waals surface area contributed by atoms with Crippen LogP contribution in [-0.2, 0) is 4.79 Å². The van der Waals surface area contributed by atoms with Gasteiger partial charge in [0.1, 0.15) is 0 Å². The molecule has 2 saturated heterocycles. The number of hydrogen-bond donors (Lipinski definition) is 2. The van der Waals surface area contributed by atoms with E-state index in [0.717, 1.165) is 25.7 Å². The Labute approximate surface area is 156 Å². The Balaban J connectivity index is 0.00000243. The summed E-state index contributed by atoms with van der Waals surface area (Å²) in [6, 6.07) is 7.05. The van der Waals surface area contributed by atoms with Crippen LogP contribution < -0.4 is 20.1 Å². The molecule has 2 unspecified atom stereocenters. The average molecular weight is 395 g/mol. The summed E-state index contributed by atoms with van der Waals surface area (Å²) in [5.74, 6) is -0.197. The molecule has 2 N–H and O–H groups in total. The van der Waals surface area contributed by atoms with Gasteiger partial charge in [-0.25, -0.2) is 0 Å². The van der Waals surface area contributed by atoms with Gasteiger partial charge in [0.05, 0.1) is 0 Å². The van der Waals surface area contributed by atoms with E-state index in [1.165, 1.54) is 12.1 Å². The zero-order valence-corrected chi connectivity index (χ0v) is 14.9. The number of para-hydroxylation sites is 2. The van der Waals surface area contributed by atoms with E-state index in [1.54, 1.807) is 12.1 Å². The lowest BCUT2D eigenvalue weighted by Gasteiger charge is -2.29. The fourth-order valence-electron chi connectivity index (χ4n) is 3.44. The maximum Gasteiger partial charge on any atom is 0.422 e. The number of benzene rings is 1. The van der Waals surface area contributed by atoms with Crippen molar-refractivity contribution in [1.82, 2.24) is 10.6 Å². The summed E-state index contributed by atoms with van der Waals surface area (Å²) in [5, 5.41) is 6.43. The lowest BCUT2D eigenvalue weighted by atomic mass is 10.00. The molecule has 9 heteroatoms. The molecule has 26 heavy (non-hydrogen) atoms. The Bertz CT molecular complexity index is 603. The number of nitrogens with one attached hydrogen (secondary N) is 2. The Hall–Kier alpha value is -1.67. The number of alkyl halides is 3. The van der Waals surface area contributed by atoms with E-state index in [1.807, 2.05) is 0 Å². The van der Waals surface area contributed by atoms with Crippen molar-refractivity contribution in [2.24, 2.45) is 0 Å². The number of fused-ring (bicyclic) bond motifs is 2. The SMILES string of the molecule is Cl.O=C(COc1ccccc1OCC(F)(F)F)NC1CC2CCC(C1)N2. The first-order valence-electron chi connectivity index (χ1n) is 8.36. The third-order valence-corrected chi connectivity index (χ3v) is 4.44. The molecule has 1 amide bonds. The van der Waals surface area contributed by atoms with Crippen molar-refractivity contribution in [3.8, 4) is 11.5 Å². The summed E-state index contributed by atoms with van der Waals surface area (Å²) in [4.78, 5) is 12.1. The van der Waals surface area contributed by atoms with Gasteiger partial charge in [-0.15, -0.1) is 12.4 Å². The summed E-state index contributed by atoms with van der Waals surface area (Å²) in [6.45, 7) is -1.66. The molecule has 2 atom stereocenters. The van der Waals surface area contributed by atoms with Crippen LogP contribution in [0.4, 0.5) is 13.2 Å². The van der Waals surface area contributed by atoms with E-state index in [4.69, 9.17) is 9.47 Å². The van der Waals surface area contributed by atoms with E-state index in [0.29, 0.717) is 12.1 Å². The van der Waals surface area contributed by atoms with E-state index >= 15 is 0 Å². The van der Waals surface area contributed by atoms with Gasteiger partial charge in [0.15, 0.2) is 24.7 Å². The Morgan fingerprint density at radius 3 is 2.27 bits per heavy atom. The number of hydrogen-bond acceptors (Lipinski definition) is 4. The van der Waals surface area contributed by atoms with E-state index < -0.39 is 12.8 Å². The predicted octanol–water partition coefficient (Wildman–Crippen LogP) is 2.83. The topological polar surface area (TPSA) is 59.6 Å².